The Morgan fingerprint density at radius 1 is 1.05 bits per heavy atom. The summed E-state index contributed by atoms with van der Waals surface area (Å²) in [5.74, 6) is 0.912. The molecule has 2 rings (SSSR count). The molecule has 2 atom stereocenters. The summed E-state index contributed by atoms with van der Waals surface area (Å²) in [6.45, 7) is 5.48. The highest BCUT2D eigenvalue weighted by molar-refractivity contribution is 7.99. The van der Waals surface area contributed by atoms with Crippen LogP contribution in [-0.2, 0) is 0 Å². The van der Waals surface area contributed by atoms with E-state index in [1.54, 1.807) is 7.11 Å². The number of para-hydroxylation sites is 1. The number of ether oxygens (including phenoxy) is 1. The van der Waals surface area contributed by atoms with Gasteiger partial charge in [0.25, 0.3) is 0 Å². The lowest BCUT2D eigenvalue weighted by atomic mass is 10.0. The molecule has 2 unspecified atom stereocenters. The number of thioether (sulfide) groups is 1. The highest BCUT2D eigenvalue weighted by Crippen LogP contribution is 2.30. The summed E-state index contributed by atoms with van der Waals surface area (Å²) in [5.41, 5.74) is 3.63. The normalized spacial score (nSPS) is 13.6. The fourth-order valence-electron chi connectivity index (χ4n) is 2.38. The standard InChI is InChI=1S/C19H25NOS/c1-14(22-4)13-20-15(2)16-9-11-17(12-10-16)18-7-5-6-8-19(18)21-3/h5-12,14-15,20H,13H2,1-4H3. The summed E-state index contributed by atoms with van der Waals surface area (Å²) in [7, 11) is 1.71. The maximum absolute atomic E-state index is 5.44. The molecule has 0 radical (unpaired) electrons. The van der Waals surface area contributed by atoms with Crippen molar-refractivity contribution < 1.29 is 4.74 Å². The molecule has 2 nitrogen and oxygen atoms in total. The maximum atomic E-state index is 5.44. The largest absolute Gasteiger partial charge is 0.496 e. The van der Waals surface area contributed by atoms with E-state index in [2.05, 4.69) is 55.8 Å². The molecule has 0 aliphatic rings. The zero-order valence-corrected chi connectivity index (χ0v) is 14.6. The fraction of sp³-hybridized carbons (Fsp3) is 0.368. The van der Waals surface area contributed by atoms with Crippen LogP contribution in [0, 0.1) is 0 Å². The lowest BCUT2D eigenvalue weighted by Gasteiger charge is -2.17. The molecule has 0 spiro atoms. The molecule has 0 aliphatic carbocycles. The third kappa shape index (κ3) is 4.28. The van der Waals surface area contributed by atoms with Crippen molar-refractivity contribution >= 4 is 11.8 Å². The Morgan fingerprint density at radius 2 is 1.73 bits per heavy atom. The van der Waals surface area contributed by atoms with E-state index in [0.717, 1.165) is 17.9 Å². The van der Waals surface area contributed by atoms with Crippen LogP contribution >= 0.6 is 11.8 Å². The van der Waals surface area contributed by atoms with E-state index in [4.69, 9.17) is 4.74 Å². The average Bonchev–Trinajstić information content (AvgIpc) is 2.59. The first-order valence-electron chi connectivity index (χ1n) is 7.65. The molecule has 22 heavy (non-hydrogen) atoms. The molecule has 2 aromatic rings. The summed E-state index contributed by atoms with van der Waals surface area (Å²) in [5, 5.41) is 4.22. The van der Waals surface area contributed by atoms with Crippen LogP contribution in [0.5, 0.6) is 5.75 Å². The number of hydrogen-bond acceptors (Lipinski definition) is 3. The SMILES string of the molecule is COc1ccccc1-c1ccc(C(C)NCC(C)SC)cc1. The second-order valence-corrected chi connectivity index (χ2v) is 6.77. The van der Waals surface area contributed by atoms with Crippen molar-refractivity contribution in [3.63, 3.8) is 0 Å². The van der Waals surface area contributed by atoms with Gasteiger partial charge in [-0.2, -0.15) is 11.8 Å². The van der Waals surface area contributed by atoms with Crippen LogP contribution < -0.4 is 10.1 Å². The molecule has 0 amide bonds. The molecular formula is C19H25NOS. The zero-order chi connectivity index (χ0) is 15.9. The van der Waals surface area contributed by atoms with Gasteiger partial charge in [0.1, 0.15) is 5.75 Å². The summed E-state index contributed by atoms with van der Waals surface area (Å²) in [4.78, 5) is 0. The van der Waals surface area contributed by atoms with Gasteiger partial charge in [-0.15, -0.1) is 0 Å². The maximum Gasteiger partial charge on any atom is 0.126 e. The van der Waals surface area contributed by atoms with Gasteiger partial charge in [-0.05, 0) is 30.4 Å². The molecule has 0 saturated heterocycles. The highest BCUT2D eigenvalue weighted by atomic mass is 32.2. The van der Waals surface area contributed by atoms with Crippen molar-refractivity contribution in [2.24, 2.45) is 0 Å². The molecule has 0 fully saturated rings. The Kier molecular flexibility index (Phi) is 6.34. The van der Waals surface area contributed by atoms with Crippen LogP contribution in [0.1, 0.15) is 25.5 Å². The van der Waals surface area contributed by atoms with Crippen LogP contribution in [-0.4, -0.2) is 25.2 Å². The minimum Gasteiger partial charge on any atom is -0.496 e. The van der Waals surface area contributed by atoms with Crippen LogP contribution in [0.4, 0.5) is 0 Å². The van der Waals surface area contributed by atoms with Crippen molar-refractivity contribution in [1.29, 1.82) is 0 Å². The molecule has 0 saturated carbocycles. The van der Waals surface area contributed by atoms with Gasteiger partial charge in [0, 0.05) is 23.4 Å². The Bertz CT molecular complexity index is 582. The smallest absolute Gasteiger partial charge is 0.126 e. The summed E-state index contributed by atoms with van der Waals surface area (Å²) in [6, 6.07) is 17.2. The van der Waals surface area contributed by atoms with Crippen molar-refractivity contribution in [1.82, 2.24) is 5.32 Å². The van der Waals surface area contributed by atoms with E-state index in [0.29, 0.717) is 11.3 Å². The Morgan fingerprint density at radius 3 is 2.36 bits per heavy atom. The minimum atomic E-state index is 0.362. The monoisotopic (exact) mass is 315 g/mol. The van der Waals surface area contributed by atoms with E-state index in [-0.39, 0.29) is 0 Å². The quantitative estimate of drug-likeness (QED) is 0.795. The third-order valence-corrected chi connectivity index (χ3v) is 4.91. The number of rotatable bonds is 7. The van der Waals surface area contributed by atoms with E-state index in [9.17, 15) is 0 Å². The van der Waals surface area contributed by atoms with Gasteiger partial charge < -0.3 is 10.1 Å². The second kappa shape index (κ2) is 8.25. The average molecular weight is 315 g/mol. The van der Waals surface area contributed by atoms with Gasteiger partial charge >= 0.3 is 0 Å². The fourth-order valence-corrected chi connectivity index (χ4v) is 2.64. The first-order valence-corrected chi connectivity index (χ1v) is 8.94. The molecule has 1 N–H and O–H groups in total. The van der Waals surface area contributed by atoms with E-state index in [1.807, 2.05) is 30.0 Å². The number of nitrogens with one attached hydrogen (secondary N) is 1. The van der Waals surface area contributed by atoms with Gasteiger partial charge in [0.15, 0.2) is 0 Å². The van der Waals surface area contributed by atoms with Crippen molar-refractivity contribution in [3.05, 3.63) is 54.1 Å². The third-order valence-electron chi connectivity index (χ3n) is 3.94. The first kappa shape index (κ1) is 16.9. The molecular weight excluding hydrogens is 290 g/mol. The predicted molar refractivity (Wildman–Crippen MR) is 97.8 cm³/mol. The molecule has 0 aromatic heterocycles. The lowest BCUT2D eigenvalue weighted by molar-refractivity contribution is 0.416. The number of hydrogen-bond donors (Lipinski definition) is 1. The summed E-state index contributed by atoms with van der Waals surface area (Å²) < 4.78 is 5.44. The minimum absolute atomic E-state index is 0.362. The molecule has 3 heteroatoms. The number of benzene rings is 2. The molecule has 0 aliphatic heterocycles. The van der Waals surface area contributed by atoms with E-state index in [1.165, 1.54) is 11.1 Å². The first-order chi connectivity index (χ1) is 10.7. The van der Waals surface area contributed by atoms with Crippen LogP contribution in [0.25, 0.3) is 11.1 Å². The molecule has 0 heterocycles. The van der Waals surface area contributed by atoms with Gasteiger partial charge in [0.05, 0.1) is 7.11 Å². The second-order valence-electron chi connectivity index (χ2n) is 5.50. The summed E-state index contributed by atoms with van der Waals surface area (Å²) in [6.07, 6.45) is 2.15. The Balaban J connectivity index is 2.10. The number of methoxy groups -OCH3 is 1. The topological polar surface area (TPSA) is 21.3 Å². The molecule has 118 valence electrons. The predicted octanol–water partition coefficient (Wildman–Crippen LogP) is 4.76. The Labute approximate surface area is 138 Å². The van der Waals surface area contributed by atoms with Crippen LogP contribution in [0.3, 0.4) is 0 Å². The van der Waals surface area contributed by atoms with Gasteiger partial charge in [0.2, 0.25) is 0 Å². The zero-order valence-electron chi connectivity index (χ0n) is 13.8. The highest BCUT2D eigenvalue weighted by Gasteiger charge is 2.09. The summed E-state index contributed by atoms with van der Waals surface area (Å²) >= 11 is 1.89. The molecule has 0 bridgehead atoms. The van der Waals surface area contributed by atoms with Gasteiger partial charge in [-0.1, -0.05) is 49.4 Å². The van der Waals surface area contributed by atoms with Crippen LogP contribution in [0.15, 0.2) is 48.5 Å². The molecule has 2 aromatic carbocycles. The van der Waals surface area contributed by atoms with Gasteiger partial charge in [-0.3, -0.25) is 0 Å². The van der Waals surface area contributed by atoms with E-state index < -0.39 is 0 Å². The van der Waals surface area contributed by atoms with Crippen molar-refractivity contribution in [3.8, 4) is 16.9 Å². The van der Waals surface area contributed by atoms with E-state index >= 15 is 0 Å². The van der Waals surface area contributed by atoms with Crippen molar-refractivity contribution in [2.45, 2.75) is 25.1 Å². The Hall–Kier alpha value is -1.45. The lowest BCUT2D eigenvalue weighted by Crippen LogP contribution is -2.25. The van der Waals surface area contributed by atoms with Gasteiger partial charge in [-0.25, -0.2) is 0 Å². The van der Waals surface area contributed by atoms with Crippen LogP contribution in [0.2, 0.25) is 0 Å². The van der Waals surface area contributed by atoms with Crippen molar-refractivity contribution in [2.75, 3.05) is 19.9 Å².